The molecule has 0 aromatic heterocycles. The number of benzene rings is 1. The predicted octanol–water partition coefficient (Wildman–Crippen LogP) is 2.89. The maximum absolute atomic E-state index is 12.3. The average molecular weight is 378 g/mol. The minimum absolute atomic E-state index is 0.0360. The fraction of sp³-hybridized carbons (Fsp3) is 0.579. The number of anilines is 2. The Morgan fingerprint density at radius 1 is 1.15 bits per heavy atom. The second-order valence-electron chi connectivity index (χ2n) is 7.12. The highest BCUT2D eigenvalue weighted by molar-refractivity contribution is 7.92. The normalized spacial score (nSPS) is 18.9. The molecule has 2 aliphatic rings. The van der Waals surface area contributed by atoms with Crippen LogP contribution in [0.3, 0.4) is 0 Å². The number of sulfone groups is 1. The van der Waals surface area contributed by atoms with Crippen LogP contribution in [0, 0.1) is 0 Å². The minimum atomic E-state index is -3.19. The molecule has 1 heterocycles. The van der Waals surface area contributed by atoms with Crippen molar-refractivity contribution in [1.82, 2.24) is 0 Å². The van der Waals surface area contributed by atoms with Gasteiger partial charge in [-0.15, -0.1) is 0 Å². The Hall–Kier alpha value is -1.89. The van der Waals surface area contributed by atoms with E-state index in [9.17, 15) is 18.0 Å². The number of nitrogens with zero attached hydrogens (tertiary/aromatic N) is 1. The monoisotopic (exact) mass is 378 g/mol. The summed E-state index contributed by atoms with van der Waals surface area (Å²) in [6, 6.07) is 7.17. The topological polar surface area (TPSA) is 83.6 Å². The van der Waals surface area contributed by atoms with Gasteiger partial charge in [-0.25, -0.2) is 8.42 Å². The standard InChI is InChI=1S/C19H26N2O4S/c22-18(11-13-26(24,25)17-8-1-2-9-17)20-15-6-5-7-16(14-15)21-12-4-3-10-19(21)23/h5-7,14,17H,1-4,8-13H2,(H,20,22). The second-order valence-corrected chi connectivity index (χ2v) is 9.53. The van der Waals surface area contributed by atoms with Crippen molar-refractivity contribution in [3.63, 3.8) is 0 Å². The molecule has 1 aromatic carbocycles. The van der Waals surface area contributed by atoms with Gasteiger partial charge in [0.1, 0.15) is 0 Å². The molecule has 1 aliphatic heterocycles. The molecular formula is C19H26N2O4S. The highest BCUT2D eigenvalue weighted by Gasteiger charge is 2.29. The lowest BCUT2D eigenvalue weighted by Crippen LogP contribution is -2.35. The summed E-state index contributed by atoms with van der Waals surface area (Å²) in [7, 11) is -3.19. The Balaban J connectivity index is 1.57. The van der Waals surface area contributed by atoms with Gasteiger partial charge in [0.15, 0.2) is 9.84 Å². The van der Waals surface area contributed by atoms with Gasteiger partial charge in [-0.05, 0) is 43.9 Å². The van der Waals surface area contributed by atoms with Crippen LogP contribution >= 0.6 is 0 Å². The molecule has 142 valence electrons. The van der Waals surface area contributed by atoms with Gasteiger partial charge in [-0.3, -0.25) is 9.59 Å². The number of carbonyl (C=O) groups is 2. The SMILES string of the molecule is O=C(CCS(=O)(=O)C1CCCC1)Nc1cccc(N2CCCCC2=O)c1. The number of hydrogen-bond donors (Lipinski definition) is 1. The van der Waals surface area contributed by atoms with Gasteiger partial charge in [0.25, 0.3) is 0 Å². The number of nitrogens with one attached hydrogen (secondary N) is 1. The van der Waals surface area contributed by atoms with E-state index < -0.39 is 9.84 Å². The van der Waals surface area contributed by atoms with Crippen molar-refractivity contribution >= 4 is 33.0 Å². The first-order valence-corrected chi connectivity index (χ1v) is 11.1. The van der Waals surface area contributed by atoms with Crippen LogP contribution in [0.4, 0.5) is 11.4 Å². The number of hydrogen-bond acceptors (Lipinski definition) is 4. The Bertz CT molecular complexity index is 769. The van der Waals surface area contributed by atoms with Gasteiger partial charge in [0, 0.05) is 30.8 Å². The molecule has 1 aromatic rings. The van der Waals surface area contributed by atoms with Crippen molar-refractivity contribution in [2.24, 2.45) is 0 Å². The van der Waals surface area contributed by atoms with Crippen molar-refractivity contribution in [1.29, 1.82) is 0 Å². The summed E-state index contributed by atoms with van der Waals surface area (Å²) in [6.45, 7) is 0.690. The Morgan fingerprint density at radius 2 is 1.92 bits per heavy atom. The van der Waals surface area contributed by atoms with E-state index in [2.05, 4.69) is 5.32 Å². The summed E-state index contributed by atoms with van der Waals surface area (Å²) in [6.07, 6.45) is 5.76. The predicted molar refractivity (Wildman–Crippen MR) is 102 cm³/mol. The van der Waals surface area contributed by atoms with Crippen molar-refractivity contribution in [2.75, 3.05) is 22.5 Å². The van der Waals surface area contributed by atoms with Gasteiger partial charge in [0.2, 0.25) is 11.8 Å². The van der Waals surface area contributed by atoms with Crippen LogP contribution in [0.1, 0.15) is 51.4 Å². The molecule has 1 aliphatic carbocycles. The Kier molecular flexibility index (Phi) is 5.96. The second kappa shape index (κ2) is 8.20. The summed E-state index contributed by atoms with van der Waals surface area (Å²) < 4.78 is 24.5. The molecule has 6 nitrogen and oxygen atoms in total. The molecular weight excluding hydrogens is 352 g/mol. The highest BCUT2D eigenvalue weighted by atomic mass is 32.2. The zero-order valence-corrected chi connectivity index (χ0v) is 15.8. The molecule has 0 bridgehead atoms. The van der Waals surface area contributed by atoms with E-state index in [1.165, 1.54) is 0 Å². The first-order chi connectivity index (χ1) is 12.5. The fourth-order valence-corrected chi connectivity index (χ4v) is 5.56. The first-order valence-electron chi connectivity index (χ1n) is 9.37. The summed E-state index contributed by atoms with van der Waals surface area (Å²) in [5.74, 6) is -0.315. The van der Waals surface area contributed by atoms with Crippen LogP contribution in [-0.4, -0.2) is 37.8 Å². The fourth-order valence-electron chi connectivity index (χ4n) is 3.70. The molecule has 26 heavy (non-hydrogen) atoms. The Labute approximate surface area is 154 Å². The summed E-state index contributed by atoms with van der Waals surface area (Å²) in [5.41, 5.74) is 1.36. The zero-order chi connectivity index (χ0) is 18.6. The van der Waals surface area contributed by atoms with Gasteiger partial charge < -0.3 is 10.2 Å². The van der Waals surface area contributed by atoms with Gasteiger partial charge in [-0.2, -0.15) is 0 Å². The molecule has 2 amide bonds. The third-order valence-corrected chi connectivity index (χ3v) is 7.45. The van der Waals surface area contributed by atoms with E-state index in [1.807, 2.05) is 6.07 Å². The van der Waals surface area contributed by atoms with E-state index in [4.69, 9.17) is 0 Å². The van der Waals surface area contributed by atoms with E-state index >= 15 is 0 Å². The largest absolute Gasteiger partial charge is 0.326 e. The lowest BCUT2D eigenvalue weighted by atomic mass is 10.1. The number of amides is 2. The summed E-state index contributed by atoms with van der Waals surface area (Å²) >= 11 is 0. The number of rotatable bonds is 6. The van der Waals surface area contributed by atoms with Gasteiger partial charge >= 0.3 is 0 Å². The van der Waals surface area contributed by atoms with Crippen molar-refractivity contribution in [3.8, 4) is 0 Å². The van der Waals surface area contributed by atoms with Crippen molar-refractivity contribution in [2.45, 2.75) is 56.6 Å². The van der Waals surface area contributed by atoms with E-state index in [1.54, 1.807) is 23.1 Å². The van der Waals surface area contributed by atoms with Gasteiger partial charge in [0.05, 0.1) is 11.0 Å². The molecule has 0 radical (unpaired) electrons. The Morgan fingerprint density at radius 3 is 2.65 bits per heavy atom. The molecule has 0 spiro atoms. The van der Waals surface area contributed by atoms with Crippen molar-refractivity contribution < 1.29 is 18.0 Å². The molecule has 0 unspecified atom stereocenters. The van der Waals surface area contributed by atoms with Crippen LogP contribution < -0.4 is 10.2 Å². The van der Waals surface area contributed by atoms with E-state index in [0.29, 0.717) is 18.7 Å². The molecule has 1 saturated carbocycles. The maximum Gasteiger partial charge on any atom is 0.226 e. The molecule has 7 heteroatoms. The smallest absolute Gasteiger partial charge is 0.226 e. The zero-order valence-electron chi connectivity index (χ0n) is 14.9. The summed E-state index contributed by atoms with van der Waals surface area (Å²) in [5, 5.41) is 2.48. The third-order valence-electron chi connectivity index (χ3n) is 5.19. The van der Waals surface area contributed by atoms with Crippen LogP contribution in [-0.2, 0) is 19.4 Å². The van der Waals surface area contributed by atoms with E-state index in [0.717, 1.165) is 44.2 Å². The van der Waals surface area contributed by atoms with Crippen LogP contribution in [0.25, 0.3) is 0 Å². The van der Waals surface area contributed by atoms with Crippen LogP contribution in [0.15, 0.2) is 24.3 Å². The van der Waals surface area contributed by atoms with E-state index in [-0.39, 0.29) is 29.2 Å². The number of carbonyl (C=O) groups excluding carboxylic acids is 2. The lowest BCUT2D eigenvalue weighted by molar-refractivity contribution is -0.119. The maximum atomic E-state index is 12.3. The minimum Gasteiger partial charge on any atom is -0.326 e. The summed E-state index contributed by atoms with van der Waals surface area (Å²) in [4.78, 5) is 25.9. The average Bonchev–Trinajstić information content (AvgIpc) is 3.16. The molecule has 0 atom stereocenters. The highest BCUT2D eigenvalue weighted by Crippen LogP contribution is 2.26. The van der Waals surface area contributed by atoms with Crippen molar-refractivity contribution in [3.05, 3.63) is 24.3 Å². The molecule has 3 rings (SSSR count). The molecule has 1 N–H and O–H groups in total. The third kappa shape index (κ3) is 4.63. The first kappa shape index (κ1) is 18.9. The number of piperidine rings is 1. The van der Waals surface area contributed by atoms with Crippen LogP contribution in [0.2, 0.25) is 0 Å². The molecule has 2 fully saturated rings. The van der Waals surface area contributed by atoms with Crippen LogP contribution in [0.5, 0.6) is 0 Å². The van der Waals surface area contributed by atoms with Gasteiger partial charge in [-0.1, -0.05) is 18.9 Å². The molecule has 1 saturated heterocycles. The quantitative estimate of drug-likeness (QED) is 0.825. The lowest BCUT2D eigenvalue weighted by Gasteiger charge is -2.27.